The smallest absolute Gasteiger partial charge is 0.342 e. The fourth-order valence-electron chi connectivity index (χ4n) is 0.585. The lowest BCUT2D eigenvalue weighted by molar-refractivity contribution is 0.0691. The quantitative estimate of drug-likeness (QED) is 0.648. The highest BCUT2D eigenvalue weighted by Gasteiger charge is 2.15. The van der Waals surface area contributed by atoms with Gasteiger partial charge in [-0.3, -0.25) is 0 Å². The molecule has 0 saturated carbocycles. The topological polar surface area (TPSA) is 50.4 Å². The van der Waals surface area contributed by atoms with Gasteiger partial charge in [0.2, 0.25) is 0 Å². The summed E-state index contributed by atoms with van der Waals surface area (Å²) in [6, 6.07) is 0. The van der Waals surface area contributed by atoms with Gasteiger partial charge in [0.15, 0.2) is 5.82 Å². The zero-order chi connectivity index (χ0) is 7.72. The first-order valence-corrected chi connectivity index (χ1v) is 2.60. The Balaban J connectivity index is 3.17. The summed E-state index contributed by atoms with van der Waals surface area (Å²) in [5.74, 6) is -2.11. The van der Waals surface area contributed by atoms with Gasteiger partial charge in [-0.1, -0.05) is 0 Å². The molecule has 0 aromatic carbocycles. The predicted molar refractivity (Wildman–Crippen MR) is 30.4 cm³/mol. The molecular weight excluding hydrogens is 139 g/mol. The second kappa shape index (κ2) is 2.13. The standard InChI is InChI=1S/C6H5FO3/c1-3-5(7)4(2-10-3)6(8)9/h2H,1H3,(H,8,9). The molecular formula is C6H5FO3. The molecule has 1 rings (SSSR count). The summed E-state index contributed by atoms with van der Waals surface area (Å²) in [7, 11) is 0. The molecule has 0 atom stereocenters. The van der Waals surface area contributed by atoms with Crippen LogP contribution in [0.3, 0.4) is 0 Å². The van der Waals surface area contributed by atoms with Crippen LogP contribution in [0.25, 0.3) is 0 Å². The third-order valence-electron chi connectivity index (χ3n) is 1.13. The van der Waals surface area contributed by atoms with E-state index in [1.54, 1.807) is 0 Å². The molecule has 0 aliphatic carbocycles. The van der Waals surface area contributed by atoms with Crippen LogP contribution >= 0.6 is 0 Å². The van der Waals surface area contributed by atoms with Crippen molar-refractivity contribution in [1.82, 2.24) is 0 Å². The van der Waals surface area contributed by atoms with Gasteiger partial charge in [-0.15, -0.1) is 0 Å². The fourth-order valence-corrected chi connectivity index (χ4v) is 0.585. The molecule has 1 heterocycles. The van der Waals surface area contributed by atoms with Gasteiger partial charge in [0, 0.05) is 0 Å². The summed E-state index contributed by atoms with van der Waals surface area (Å²) < 4.78 is 17.0. The van der Waals surface area contributed by atoms with E-state index in [9.17, 15) is 9.18 Å². The van der Waals surface area contributed by atoms with Gasteiger partial charge in [0.25, 0.3) is 0 Å². The van der Waals surface area contributed by atoms with Crippen molar-refractivity contribution in [3.05, 3.63) is 23.4 Å². The highest BCUT2D eigenvalue weighted by Crippen LogP contribution is 2.13. The number of hydrogen-bond donors (Lipinski definition) is 1. The number of hydrogen-bond acceptors (Lipinski definition) is 2. The number of carbonyl (C=O) groups is 1. The van der Waals surface area contributed by atoms with Crippen molar-refractivity contribution < 1.29 is 18.7 Å². The highest BCUT2D eigenvalue weighted by atomic mass is 19.1. The van der Waals surface area contributed by atoms with E-state index in [0.717, 1.165) is 6.26 Å². The molecule has 0 fully saturated rings. The average Bonchev–Trinajstić information content (AvgIpc) is 2.14. The SMILES string of the molecule is Cc1occ(C(=O)O)c1F. The van der Waals surface area contributed by atoms with Gasteiger partial charge in [0.1, 0.15) is 17.6 Å². The van der Waals surface area contributed by atoms with Gasteiger partial charge in [-0.2, -0.15) is 0 Å². The van der Waals surface area contributed by atoms with Gasteiger partial charge in [0.05, 0.1) is 0 Å². The van der Waals surface area contributed by atoms with E-state index in [2.05, 4.69) is 4.42 Å². The lowest BCUT2D eigenvalue weighted by atomic mass is 10.3. The van der Waals surface area contributed by atoms with Gasteiger partial charge >= 0.3 is 5.97 Å². The van der Waals surface area contributed by atoms with Crippen LogP contribution in [0.15, 0.2) is 10.7 Å². The van der Waals surface area contributed by atoms with E-state index in [-0.39, 0.29) is 5.76 Å². The molecule has 10 heavy (non-hydrogen) atoms. The molecule has 4 heteroatoms. The fraction of sp³-hybridized carbons (Fsp3) is 0.167. The van der Waals surface area contributed by atoms with Crippen LogP contribution in [0.5, 0.6) is 0 Å². The number of furan rings is 1. The number of rotatable bonds is 1. The second-order valence-corrected chi connectivity index (χ2v) is 1.82. The Labute approximate surface area is 56.1 Å². The summed E-state index contributed by atoms with van der Waals surface area (Å²) in [5.41, 5.74) is -0.419. The third kappa shape index (κ3) is 0.877. The Hall–Kier alpha value is -1.32. The van der Waals surface area contributed by atoms with Crippen molar-refractivity contribution in [3.8, 4) is 0 Å². The summed E-state index contributed by atoms with van der Waals surface area (Å²) in [4.78, 5) is 10.1. The molecule has 0 amide bonds. The van der Waals surface area contributed by atoms with E-state index in [4.69, 9.17) is 5.11 Å². The van der Waals surface area contributed by atoms with Crippen LogP contribution in [0, 0.1) is 12.7 Å². The molecule has 1 aromatic rings. The Bertz CT molecular complexity index is 264. The van der Waals surface area contributed by atoms with E-state index >= 15 is 0 Å². The number of halogens is 1. The summed E-state index contributed by atoms with van der Waals surface area (Å²) in [6.45, 7) is 1.36. The monoisotopic (exact) mass is 144 g/mol. The number of carboxylic acids is 1. The highest BCUT2D eigenvalue weighted by molar-refractivity contribution is 5.87. The molecule has 1 aromatic heterocycles. The molecule has 54 valence electrons. The Kier molecular flexibility index (Phi) is 1.45. The van der Waals surface area contributed by atoms with Gasteiger partial charge in [-0.25, -0.2) is 9.18 Å². The number of aryl methyl sites for hydroxylation is 1. The minimum absolute atomic E-state index is 0.00241. The van der Waals surface area contributed by atoms with Crippen molar-refractivity contribution in [1.29, 1.82) is 0 Å². The van der Waals surface area contributed by atoms with E-state index in [1.807, 2.05) is 0 Å². The maximum atomic E-state index is 12.5. The zero-order valence-electron chi connectivity index (χ0n) is 5.22. The molecule has 3 nitrogen and oxygen atoms in total. The van der Waals surface area contributed by atoms with Crippen LogP contribution in [-0.4, -0.2) is 11.1 Å². The van der Waals surface area contributed by atoms with Crippen molar-refractivity contribution in [2.45, 2.75) is 6.92 Å². The molecule has 0 aliphatic heterocycles. The molecule has 1 N–H and O–H groups in total. The molecule has 0 aliphatic rings. The van der Waals surface area contributed by atoms with Crippen LogP contribution in [-0.2, 0) is 0 Å². The molecule has 0 spiro atoms. The predicted octanol–water partition coefficient (Wildman–Crippen LogP) is 1.43. The van der Waals surface area contributed by atoms with Gasteiger partial charge in [-0.05, 0) is 6.92 Å². The van der Waals surface area contributed by atoms with E-state index in [1.165, 1.54) is 6.92 Å². The van der Waals surface area contributed by atoms with E-state index < -0.39 is 17.3 Å². The molecule has 0 unspecified atom stereocenters. The summed E-state index contributed by atoms with van der Waals surface area (Å²) in [6.07, 6.45) is 0.882. The van der Waals surface area contributed by atoms with E-state index in [0.29, 0.717) is 0 Å². The first kappa shape index (κ1) is 6.80. The van der Waals surface area contributed by atoms with Crippen molar-refractivity contribution in [2.75, 3.05) is 0 Å². The lowest BCUT2D eigenvalue weighted by Crippen LogP contribution is -1.96. The minimum Gasteiger partial charge on any atom is -0.477 e. The maximum absolute atomic E-state index is 12.5. The van der Waals surface area contributed by atoms with Crippen LogP contribution in [0.1, 0.15) is 16.1 Å². The first-order chi connectivity index (χ1) is 4.63. The first-order valence-electron chi connectivity index (χ1n) is 2.60. The number of carboxylic acid groups (broad SMARTS) is 1. The molecule has 0 saturated heterocycles. The summed E-state index contributed by atoms with van der Waals surface area (Å²) >= 11 is 0. The minimum atomic E-state index is -1.31. The summed E-state index contributed by atoms with van der Waals surface area (Å²) in [5, 5.41) is 8.28. The maximum Gasteiger partial charge on any atom is 0.342 e. The Morgan fingerprint density at radius 3 is 2.60 bits per heavy atom. The average molecular weight is 144 g/mol. The Morgan fingerprint density at radius 2 is 2.40 bits per heavy atom. The van der Waals surface area contributed by atoms with Crippen molar-refractivity contribution in [3.63, 3.8) is 0 Å². The largest absolute Gasteiger partial charge is 0.477 e. The zero-order valence-corrected chi connectivity index (χ0v) is 5.22. The lowest BCUT2D eigenvalue weighted by Gasteiger charge is -1.83. The Morgan fingerprint density at radius 1 is 1.80 bits per heavy atom. The van der Waals surface area contributed by atoms with Crippen molar-refractivity contribution >= 4 is 5.97 Å². The van der Waals surface area contributed by atoms with Crippen LogP contribution in [0.4, 0.5) is 4.39 Å². The third-order valence-corrected chi connectivity index (χ3v) is 1.13. The van der Waals surface area contributed by atoms with Crippen molar-refractivity contribution in [2.24, 2.45) is 0 Å². The molecule has 0 radical (unpaired) electrons. The second-order valence-electron chi connectivity index (χ2n) is 1.82. The normalized spacial score (nSPS) is 9.80. The molecule has 0 bridgehead atoms. The van der Waals surface area contributed by atoms with Crippen LogP contribution in [0.2, 0.25) is 0 Å². The number of aromatic carboxylic acids is 1. The van der Waals surface area contributed by atoms with Gasteiger partial charge < -0.3 is 9.52 Å². The van der Waals surface area contributed by atoms with Crippen LogP contribution < -0.4 is 0 Å².